The molecule has 2 aliphatic heterocycles. The Morgan fingerprint density at radius 1 is 1.12 bits per heavy atom. The van der Waals surface area contributed by atoms with Gasteiger partial charge in [-0.2, -0.15) is 5.10 Å². The third-order valence-corrected chi connectivity index (χ3v) is 4.99. The van der Waals surface area contributed by atoms with Crippen molar-refractivity contribution in [3.05, 3.63) is 41.1 Å². The van der Waals surface area contributed by atoms with Crippen molar-refractivity contribution >= 4 is 5.82 Å². The van der Waals surface area contributed by atoms with Crippen LogP contribution >= 0.6 is 0 Å². The van der Waals surface area contributed by atoms with Gasteiger partial charge in [0, 0.05) is 31.1 Å². The summed E-state index contributed by atoms with van der Waals surface area (Å²) in [5, 5.41) is 7.94. The molecular formula is C18H22F2N4. The molecule has 6 heteroatoms. The molecule has 1 aromatic carbocycles. The van der Waals surface area contributed by atoms with E-state index in [1.54, 1.807) is 4.68 Å². The number of nitrogens with one attached hydrogen (secondary N) is 1. The molecule has 3 heterocycles. The summed E-state index contributed by atoms with van der Waals surface area (Å²) in [7, 11) is 0. The minimum Gasteiger partial charge on any atom is -0.369 e. The molecule has 1 aromatic heterocycles. The zero-order chi connectivity index (χ0) is 16.5. The molecule has 2 aliphatic rings. The Labute approximate surface area is 140 Å². The number of likely N-dealkylation sites (tertiary alicyclic amines) is 1. The zero-order valence-corrected chi connectivity index (χ0v) is 13.7. The molecule has 0 bridgehead atoms. The van der Waals surface area contributed by atoms with Crippen LogP contribution in [0.4, 0.5) is 14.6 Å². The third-order valence-electron chi connectivity index (χ3n) is 4.99. The fourth-order valence-corrected chi connectivity index (χ4v) is 3.72. The average Bonchev–Trinajstić information content (AvgIpc) is 3.17. The molecule has 0 saturated carbocycles. The Balaban J connectivity index is 1.60. The molecule has 1 fully saturated rings. The van der Waals surface area contributed by atoms with E-state index in [9.17, 15) is 8.78 Å². The van der Waals surface area contributed by atoms with Crippen molar-refractivity contribution in [1.29, 1.82) is 0 Å². The molecule has 4 rings (SSSR count). The van der Waals surface area contributed by atoms with Crippen molar-refractivity contribution in [2.45, 2.75) is 32.1 Å². The van der Waals surface area contributed by atoms with Crippen LogP contribution in [0.5, 0.6) is 0 Å². The van der Waals surface area contributed by atoms with Gasteiger partial charge in [0.05, 0.1) is 5.69 Å². The highest BCUT2D eigenvalue weighted by Crippen LogP contribution is 2.30. The van der Waals surface area contributed by atoms with Crippen LogP contribution in [0.1, 0.15) is 30.5 Å². The minimum absolute atomic E-state index is 0.297. The van der Waals surface area contributed by atoms with Gasteiger partial charge in [0.1, 0.15) is 17.3 Å². The SMILES string of the molecule is Fc1ccc(-n2nc(CCN3CCCCC3)c3c2NCC3)c(F)c1. The van der Waals surface area contributed by atoms with Gasteiger partial charge >= 0.3 is 0 Å². The van der Waals surface area contributed by atoms with E-state index < -0.39 is 11.6 Å². The Hall–Kier alpha value is -1.95. The van der Waals surface area contributed by atoms with Gasteiger partial charge in [-0.15, -0.1) is 0 Å². The van der Waals surface area contributed by atoms with Gasteiger partial charge in [-0.05, 0) is 44.5 Å². The van der Waals surface area contributed by atoms with Crippen molar-refractivity contribution in [3.8, 4) is 5.69 Å². The number of nitrogens with zero attached hydrogens (tertiary/aromatic N) is 3. The maximum atomic E-state index is 14.2. The number of aromatic nitrogens is 2. The molecule has 0 radical (unpaired) electrons. The number of piperidine rings is 1. The number of halogens is 2. The first kappa shape index (κ1) is 15.6. The van der Waals surface area contributed by atoms with E-state index in [1.807, 2.05) is 0 Å². The molecule has 2 aromatic rings. The highest BCUT2D eigenvalue weighted by Gasteiger charge is 2.24. The first-order valence-corrected chi connectivity index (χ1v) is 8.75. The van der Waals surface area contributed by atoms with Gasteiger partial charge in [-0.1, -0.05) is 6.42 Å². The molecule has 0 atom stereocenters. The summed E-state index contributed by atoms with van der Waals surface area (Å²) in [4.78, 5) is 2.48. The van der Waals surface area contributed by atoms with Crippen LogP contribution in [0, 0.1) is 11.6 Å². The maximum Gasteiger partial charge on any atom is 0.151 e. The van der Waals surface area contributed by atoms with Crippen molar-refractivity contribution in [2.24, 2.45) is 0 Å². The van der Waals surface area contributed by atoms with Gasteiger partial charge in [-0.25, -0.2) is 13.5 Å². The number of benzene rings is 1. The molecule has 1 saturated heterocycles. The first-order valence-electron chi connectivity index (χ1n) is 8.75. The maximum absolute atomic E-state index is 14.2. The average molecular weight is 332 g/mol. The van der Waals surface area contributed by atoms with E-state index in [1.165, 1.54) is 37.0 Å². The van der Waals surface area contributed by atoms with Crippen LogP contribution in [0.3, 0.4) is 0 Å². The lowest BCUT2D eigenvalue weighted by atomic mass is 10.1. The third kappa shape index (κ3) is 2.90. The second kappa shape index (κ2) is 6.51. The number of rotatable bonds is 4. The van der Waals surface area contributed by atoms with Crippen LogP contribution in [-0.2, 0) is 12.8 Å². The quantitative estimate of drug-likeness (QED) is 0.934. The van der Waals surface area contributed by atoms with Gasteiger partial charge in [0.2, 0.25) is 0 Å². The van der Waals surface area contributed by atoms with Crippen LogP contribution in [-0.4, -0.2) is 40.9 Å². The number of hydrogen-bond acceptors (Lipinski definition) is 3. The second-order valence-electron chi connectivity index (χ2n) is 6.61. The Morgan fingerprint density at radius 3 is 2.75 bits per heavy atom. The molecule has 0 spiro atoms. The smallest absolute Gasteiger partial charge is 0.151 e. The first-order chi connectivity index (χ1) is 11.7. The summed E-state index contributed by atoms with van der Waals surface area (Å²) in [6, 6.07) is 3.63. The Kier molecular flexibility index (Phi) is 4.22. The normalized spacial score (nSPS) is 17.8. The zero-order valence-electron chi connectivity index (χ0n) is 13.7. The summed E-state index contributed by atoms with van der Waals surface area (Å²) in [6.45, 7) is 4.16. The molecular weight excluding hydrogens is 310 g/mol. The van der Waals surface area contributed by atoms with Crippen molar-refractivity contribution in [1.82, 2.24) is 14.7 Å². The van der Waals surface area contributed by atoms with E-state index in [4.69, 9.17) is 0 Å². The fourth-order valence-electron chi connectivity index (χ4n) is 3.72. The lowest BCUT2D eigenvalue weighted by Crippen LogP contribution is -2.31. The summed E-state index contributed by atoms with van der Waals surface area (Å²) in [5.41, 5.74) is 2.51. The summed E-state index contributed by atoms with van der Waals surface area (Å²) in [5.74, 6) is -0.302. The highest BCUT2D eigenvalue weighted by atomic mass is 19.1. The number of anilines is 1. The van der Waals surface area contributed by atoms with Crippen molar-refractivity contribution < 1.29 is 8.78 Å². The molecule has 0 unspecified atom stereocenters. The fraction of sp³-hybridized carbons (Fsp3) is 0.500. The largest absolute Gasteiger partial charge is 0.369 e. The summed E-state index contributed by atoms with van der Waals surface area (Å²) >= 11 is 0. The van der Waals surface area contributed by atoms with Gasteiger partial charge in [-0.3, -0.25) is 0 Å². The molecule has 1 N–H and O–H groups in total. The van der Waals surface area contributed by atoms with Crippen LogP contribution in [0.2, 0.25) is 0 Å². The molecule has 0 amide bonds. The van der Waals surface area contributed by atoms with E-state index in [0.717, 1.165) is 56.6 Å². The van der Waals surface area contributed by atoms with Gasteiger partial charge in [0.25, 0.3) is 0 Å². The lowest BCUT2D eigenvalue weighted by Gasteiger charge is -2.26. The predicted molar refractivity (Wildman–Crippen MR) is 89.7 cm³/mol. The highest BCUT2D eigenvalue weighted by molar-refractivity contribution is 5.57. The monoisotopic (exact) mass is 332 g/mol. The summed E-state index contributed by atoms with van der Waals surface area (Å²) < 4.78 is 28.9. The molecule has 24 heavy (non-hydrogen) atoms. The van der Waals surface area contributed by atoms with Crippen molar-refractivity contribution in [2.75, 3.05) is 31.5 Å². The Bertz CT molecular complexity index is 735. The molecule has 0 aliphatic carbocycles. The lowest BCUT2D eigenvalue weighted by molar-refractivity contribution is 0.230. The van der Waals surface area contributed by atoms with Gasteiger partial charge in [0.15, 0.2) is 5.82 Å². The van der Waals surface area contributed by atoms with Crippen molar-refractivity contribution in [3.63, 3.8) is 0 Å². The van der Waals surface area contributed by atoms with E-state index in [-0.39, 0.29) is 0 Å². The standard InChI is InChI=1S/C18H22F2N4/c19-13-4-5-17(15(20)12-13)24-18-14(6-8-21-18)16(22-24)7-11-23-9-2-1-3-10-23/h4-5,12,21H,1-3,6-11H2. The molecule has 128 valence electrons. The minimum atomic E-state index is -0.586. The van der Waals surface area contributed by atoms with Crippen LogP contribution in [0.15, 0.2) is 18.2 Å². The van der Waals surface area contributed by atoms with Crippen LogP contribution < -0.4 is 5.32 Å². The number of fused-ring (bicyclic) bond motifs is 1. The van der Waals surface area contributed by atoms with E-state index in [2.05, 4.69) is 15.3 Å². The molecule has 4 nitrogen and oxygen atoms in total. The van der Waals surface area contributed by atoms with E-state index in [0.29, 0.717) is 5.69 Å². The van der Waals surface area contributed by atoms with Gasteiger partial charge < -0.3 is 10.2 Å². The van der Waals surface area contributed by atoms with E-state index >= 15 is 0 Å². The topological polar surface area (TPSA) is 33.1 Å². The Morgan fingerprint density at radius 2 is 1.96 bits per heavy atom. The predicted octanol–water partition coefficient (Wildman–Crippen LogP) is 3.15. The second-order valence-corrected chi connectivity index (χ2v) is 6.61. The number of hydrogen-bond donors (Lipinski definition) is 1. The van der Waals surface area contributed by atoms with Crippen LogP contribution in [0.25, 0.3) is 5.69 Å². The summed E-state index contributed by atoms with van der Waals surface area (Å²) in [6.07, 6.45) is 5.66.